The lowest BCUT2D eigenvalue weighted by atomic mass is 10.2. The number of hydrogen-bond acceptors (Lipinski definition) is 4. The zero-order valence-corrected chi connectivity index (χ0v) is 10.7. The largest absolute Gasteiger partial charge is 0.325 e. The van der Waals surface area contributed by atoms with Gasteiger partial charge in [-0.1, -0.05) is 28.1 Å². The van der Waals surface area contributed by atoms with Crippen molar-refractivity contribution in [1.82, 2.24) is 4.98 Å². The van der Waals surface area contributed by atoms with Crippen LogP contribution >= 0.6 is 27.3 Å². The van der Waals surface area contributed by atoms with Crippen LogP contribution in [0.15, 0.2) is 28.7 Å². The molecule has 1 heterocycles. The van der Waals surface area contributed by atoms with E-state index in [0.717, 1.165) is 19.9 Å². The Balaban J connectivity index is 2.51. The van der Waals surface area contributed by atoms with E-state index in [9.17, 15) is 0 Å². The molecule has 0 amide bonds. The van der Waals surface area contributed by atoms with Gasteiger partial charge in [-0.3, -0.25) is 0 Å². The first-order valence-electron chi connectivity index (χ1n) is 4.60. The van der Waals surface area contributed by atoms with Crippen LogP contribution in [0.5, 0.6) is 0 Å². The summed E-state index contributed by atoms with van der Waals surface area (Å²) in [5.74, 6) is 0. The molecule has 0 saturated heterocycles. The van der Waals surface area contributed by atoms with E-state index in [1.807, 2.05) is 24.3 Å². The van der Waals surface area contributed by atoms with E-state index in [-0.39, 0.29) is 0 Å². The molecule has 0 saturated carbocycles. The van der Waals surface area contributed by atoms with Crippen molar-refractivity contribution in [1.29, 1.82) is 5.26 Å². The average molecular weight is 294 g/mol. The van der Waals surface area contributed by atoms with Crippen LogP contribution in [0.25, 0.3) is 10.4 Å². The van der Waals surface area contributed by atoms with Crippen LogP contribution in [0.3, 0.4) is 0 Å². The Hall–Kier alpha value is -1.22. The fourth-order valence-electron chi connectivity index (χ4n) is 1.32. The molecule has 16 heavy (non-hydrogen) atoms. The number of aromatic nitrogens is 1. The molecule has 0 fully saturated rings. The average Bonchev–Trinajstić information content (AvgIpc) is 2.73. The number of benzene rings is 1. The minimum absolute atomic E-state index is 0.371. The molecular weight excluding hydrogens is 286 g/mol. The first-order chi connectivity index (χ1) is 7.74. The smallest absolute Gasteiger partial charge is 0.159 e. The van der Waals surface area contributed by atoms with Crippen LogP contribution in [0, 0.1) is 11.3 Å². The highest BCUT2D eigenvalue weighted by Gasteiger charge is 2.11. The van der Waals surface area contributed by atoms with Crippen molar-refractivity contribution in [2.45, 2.75) is 6.54 Å². The topological polar surface area (TPSA) is 62.7 Å². The van der Waals surface area contributed by atoms with Gasteiger partial charge in [0.15, 0.2) is 5.69 Å². The van der Waals surface area contributed by atoms with Gasteiger partial charge in [-0.2, -0.15) is 5.26 Å². The van der Waals surface area contributed by atoms with Crippen molar-refractivity contribution >= 4 is 27.3 Å². The zero-order valence-electron chi connectivity index (χ0n) is 8.27. The molecule has 0 spiro atoms. The predicted octanol–water partition coefficient (Wildman–Crippen LogP) is 2.90. The van der Waals surface area contributed by atoms with Crippen LogP contribution in [0.2, 0.25) is 0 Å². The van der Waals surface area contributed by atoms with Crippen molar-refractivity contribution in [3.05, 3.63) is 39.4 Å². The first kappa shape index (κ1) is 11.3. The van der Waals surface area contributed by atoms with E-state index < -0.39 is 0 Å². The summed E-state index contributed by atoms with van der Waals surface area (Å²) in [6, 6.07) is 9.90. The molecule has 2 N–H and O–H groups in total. The lowest BCUT2D eigenvalue weighted by molar-refractivity contribution is 1.03. The molecule has 0 radical (unpaired) electrons. The normalized spacial score (nSPS) is 10.1. The number of nitriles is 1. The molecule has 80 valence electrons. The van der Waals surface area contributed by atoms with Gasteiger partial charge in [0.1, 0.15) is 11.1 Å². The summed E-state index contributed by atoms with van der Waals surface area (Å²) in [5, 5.41) is 9.77. The van der Waals surface area contributed by atoms with Crippen molar-refractivity contribution in [3.8, 4) is 16.5 Å². The maximum absolute atomic E-state index is 8.99. The Morgan fingerprint density at radius 3 is 2.62 bits per heavy atom. The summed E-state index contributed by atoms with van der Waals surface area (Å²) in [4.78, 5) is 5.05. The predicted molar refractivity (Wildman–Crippen MR) is 67.9 cm³/mol. The van der Waals surface area contributed by atoms with E-state index >= 15 is 0 Å². The molecule has 0 unspecified atom stereocenters. The third-order valence-corrected chi connectivity index (χ3v) is 3.71. The van der Waals surface area contributed by atoms with Crippen LogP contribution < -0.4 is 5.73 Å². The van der Waals surface area contributed by atoms with E-state index in [1.165, 1.54) is 11.3 Å². The fourth-order valence-corrected chi connectivity index (χ4v) is 2.49. The van der Waals surface area contributed by atoms with Gasteiger partial charge in [0, 0.05) is 11.0 Å². The molecule has 5 heteroatoms. The van der Waals surface area contributed by atoms with Gasteiger partial charge < -0.3 is 5.73 Å². The second-order valence-electron chi connectivity index (χ2n) is 3.11. The lowest BCUT2D eigenvalue weighted by Gasteiger charge is -1.97. The van der Waals surface area contributed by atoms with E-state index in [1.54, 1.807) is 0 Å². The number of hydrogen-bond donors (Lipinski definition) is 1. The number of halogens is 1. The Morgan fingerprint density at radius 1 is 1.38 bits per heavy atom. The summed E-state index contributed by atoms with van der Waals surface area (Å²) >= 11 is 4.84. The highest BCUT2D eigenvalue weighted by atomic mass is 79.9. The van der Waals surface area contributed by atoms with Gasteiger partial charge in [0.25, 0.3) is 0 Å². The number of thiazole rings is 1. The van der Waals surface area contributed by atoms with Gasteiger partial charge in [-0.25, -0.2) is 4.98 Å². The molecule has 1 aromatic heterocycles. The zero-order chi connectivity index (χ0) is 11.5. The van der Waals surface area contributed by atoms with Crippen molar-refractivity contribution in [2.75, 3.05) is 0 Å². The fraction of sp³-hybridized carbons (Fsp3) is 0.0909. The van der Waals surface area contributed by atoms with E-state index in [0.29, 0.717) is 12.2 Å². The number of nitrogens with two attached hydrogens (primary N) is 1. The molecule has 2 aromatic rings. The van der Waals surface area contributed by atoms with Gasteiger partial charge in [0.2, 0.25) is 0 Å². The summed E-state index contributed by atoms with van der Waals surface area (Å²) in [5.41, 5.74) is 6.97. The quantitative estimate of drug-likeness (QED) is 0.926. The van der Waals surface area contributed by atoms with Crippen LogP contribution in [0.1, 0.15) is 10.7 Å². The summed E-state index contributed by atoms with van der Waals surface area (Å²) in [6.07, 6.45) is 0. The molecule has 0 bridgehead atoms. The maximum atomic E-state index is 8.99. The monoisotopic (exact) mass is 293 g/mol. The molecule has 0 aliphatic carbocycles. The Bertz CT molecular complexity index is 539. The van der Waals surface area contributed by atoms with Crippen molar-refractivity contribution in [2.24, 2.45) is 5.73 Å². The molecular formula is C11H8BrN3S. The van der Waals surface area contributed by atoms with Crippen LogP contribution in [-0.2, 0) is 6.54 Å². The number of rotatable bonds is 2. The van der Waals surface area contributed by atoms with E-state index in [4.69, 9.17) is 11.0 Å². The molecule has 0 atom stereocenters. The molecule has 1 aromatic carbocycles. The van der Waals surface area contributed by atoms with Gasteiger partial charge in [-0.15, -0.1) is 11.3 Å². The van der Waals surface area contributed by atoms with Crippen molar-refractivity contribution in [3.63, 3.8) is 0 Å². The number of nitrogens with zero attached hydrogens (tertiary/aromatic N) is 2. The third-order valence-electron chi connectivity index (χ3n) is 2.06. The summed E-state index contributed by atoms with van der Waals surface area (Å²) in [6.45, 7) is 0.371. The minimum Gasteiger partial charge on any atom is -0.325 e. The Morgan fingerprint density at radius 2 is 2.06 bits per heavy atom. The molecule has 3 nitrogen and oxygen atoms in total. The molecule has 2 rings (SSSR count). The molecule has 0 aliphatic heterocycles. The Labute approximate surface area is 106 Å². The second-order valence-corrected chi connectivity index (χ2v) is 5.11. The van der Waals surface area contributed by atoms with Crippen LogP contribution in [0.4, 0.5) is 0 Å². The summed E-state index contributed by atoms with van der Waals surface area (Å²) < 4.78 is 1.01. The van der Waals surface area contributed by atoms with Crippen LogP contribution in [-0.4, -0.2) is 4.98 Å². The highest BCUT2D eigenvalue weighted by Crippen LogP contribution is 2.30. The van der Waals surface area contributed by atoms with Gasteiger partial charge >= 0.3 is 0 Å². The standard InChI is InChI=1S/C11H8BrN3S/c12-8-3-1-7(2-4-8)11-9(5-13)15-10(6-14)16-11/h1-4H,6,14H2. The first-order valence-corrected chi connectivity index (χ1v) is 6.21. The Kier molecular flexibility index (Phi) is 3.34. The molecule has 0 aliphatic rings. The highest BCUT2D eigenvalue weighted by molar-refractivity contribution is 9.10. The van der Waals surface area contributed by atoms with E-state index in [2.05, 4.69) is 27.0 Å². The second kappa shape index (κ2) is 4.74. The van der Waals surface area contributed by atoms with Gasteiger partial charge in [-0.05, 0) is 17.7 Å². The SMILES string of the molecule is N#Cc1nc(CN)sc1-c1ccc(Br)cc1. The van der Waals surface area contributed by atoms with Crippen molar-refractivity contribution < 1.29 is 0 Å². The minimum atomic E-state index is 0.371. The third kappa shape index (κ3) is 2.14. The summed E-state index contributed by atoms with van der Waals surface area (Å²) in [7, 11) is 0. The lowest BCUT2D eigenvalue weighted by Crippen LogP contribution is -1.94. The maximum Gasteiger partial charge on any atom is 0.159 e. The van der Waals surface area contributed by atoms with Gasteiger partial charge in [0.05, 0.1) is 4.88 Å².